The summed E-state index contributed by atoms with van der Waals surface area (Å²) < 4.78 is 0. The van der Waals surface area contributed by atoms with Crippen molar-refractivity contribution in [1.29, 1.82) is 0 Å². The Morgan fingerprint density at radius 1 is 1.48 bits per heavy atom. The lowest BCUT2D eigenvalue weighted by Crippen LogP contribution is -2.43. The number of carboxylic acid groups (broad SMARTS) is 1. The minimum absolute atomic E-state index is 0.167. The predicted octanol–water partition coefficient (Wildman–Crippen LogP) is 2.54. The monoisotopic (exact) mass is 311 g/mol. The number of halogens is 1. The van der Waals surface area contributed by atoms with Gasteiger partial charge in [-0.05, 0) is 31.5 Å². The second-order valence-electron chi connectivity index (χ2n) is 5.48. The van der Waals surface area contributed by atoms with Gasteiger partial charge in [0.25, 0.3) is 0 Å². The van der Waals surface area contributed by atoms with Gasteiger partial charge in [0.05, 0.1) is 16.3 Å². The fourth-order valence-electron chi connectivity index (χ4n) is 2.95. The maximum atomic E-state index is 11.5. The number of benzene rings is 1. The van der Waals surface area contributed by atoms with E-state index in [0.717, 1.165) is 32.5 Å². The van der Waals surface area contributed by atoms with Gasteiger partial charge in [0, 0.05) is 31.9 Å². The fourth-order valence-corrected chi connectivity index (χ4v) is 3.31. The SMILES string of the molecule is CCN1CCC(N(C)c2c(Cl)cc(N)cc2C(=O)O)CC1. The van der Waals surface area contributed by atoms with E-state index in [4.69, 9.17) is 17.3 Å². The maximum Gasteiger partial charge on any atom is 0.337 e. The molecule has 5 nitrogen and oxygen atoms in total. The number of aromatic carboxylic acids is 1. The number of hydrogen-bond donors (Lipinski definition) is 2. The Morgan fingerprint density at radius 2 is 2.10 bits per heavy atom. The first-order valence-corrected chi connectivity index (χ1v) is 7.59. The third kappa shape index (κ3) is 3.41. The summed E-state index contributed by atoms with van der Waals surface area (Å²) in [6, 6.07) is 3.38. The van der Waals surface area contributed by atoms with Crippen LogP contribution in [0.2, 0.25) is 5.02 Å². The van der Waals surface area contributed by atoms with Crippen molar-refractivity contribution in [2.24, 2.45) is 0 Å². The van der Waals surface area contributed by atoms with Crippen LogP contribution in [0, 0.1) is 0 Å². The van der Waals surface area contributed by atoms with Crippen molar-refractivity contribution < 1.29 is 9.90 Å². The summed E-state index contributed by atoms with van der Waals surface area (Å²) in [7, 11) is 1.91. The number of likely N-dealkylation sites (tertiary alicyclic amines) is 1. The first-order valence-electron chi connectivity index (χ1n) is 7.21. The van der Waals surface area contributed by atoms with Crippen molar-refractivity contribution in [3.63, 3.8) is 0 Å². The van der Waals surface area contributed by atoms with Crippen molar-refractivity contribution in [1.82, 2.24) is 4.90 Å². The van der Waals surface area contributed by atoms with Crippen molar-refractivity contribution in [3.8, 4) is 0 Å². The van der Waals surface area contributed by atoms with Gasteiger partial charge in [-0.1, -0.05) is 18.5 Å². The van der Waals surface area contributed by atoms with Crippen molar-refractivity contribution in [3.05, 3.63) is 22.7 Å². The van der Waals surface area contributed by atoms with Crippen LogP contribution in [0.25, 0.3) is 0 Å². The van der Waals surface area contributed by atoms with E-state index in [1.54, 1.807) is 6.07 Å². The second-order valence-corrected chi connectivity index (χ2v) is 5.89. The standard InChI is InChI=1S/C15H22ClN3O2/c1-3-19-6-4-11(5-7-19)18(2)14-12(15(20)21)8-10(17)9-13(14)16/h8-9,11H,3-7,17H2,1-2H3,(H,20,21). The summed E-state index contributed by atoms with van der Waals surface area (Å²) in [5.74, 6) is -1.00. The van der Waals surface area contributed by atoms with Crippen LogP contribution in [-0.2, 0) is 0 Å². The van der Waals surface area contributed by atoms with Gasteiger partial charge in [-0.15, -0.1) is 0 Å². The lowest BCUT2D eigenvalue weighted by atomic mass is 10.0. The van der Waals surface area contributed by atoms with Crippen molar-refractivity contribution in [2.75, 3.05) is 37.3 Å². The molecule has 21 heavy (non-hydrogen) atoms. The maximum absolute atomic E-state index is 11.5. The van der Waals surface area contributed by atoms with E-state index in [0.29, 0.717) is 22.4 Å². The van der Waals surface area contributed by atoms with Crippen LogP contribution < -0.4 is 10.6 Å². The van der Waals surface area contributed by atoms with Crippen LogP contribution in [-0.4, -0.2) is 48.7 Å². The van der Waals surface area contributed by atoms with Crippen molar-refractivity contribution >= 4 is 28.9 Å². The number of nitrogen functional groups attached to an aromatic ring is 1. The van der Waals surface area contributed by atoms with Crippen LogP contribution in [0.1, 0.15) is 30.1 Å². The first kappa shape index (κ1) is 15.9. The molecular formula is C15H22ClN3O2. The highest BCUT2D eigenvalue weighted by atomic mass is 35.5. The molecule has 0 spiro atoms. The molecule has 1 fully saturated rings. The number of carboxylic acids is 1. The topological polar surface area (TPSA) is 69.8 Å². The van der Waals surface area contributed by atoms with E-state index in [2.05, 4.69) is 11.8 Å². The van der Waals surface area contributed by atoms with E-state index in [1.807, 2.05) is 11.9 Å². The summed E-state index contributed by atoms with van der Waals surface area (Å²) >= 11 is 6.25. The fraction of sp³-hybridized carbons (Fsp3) is 0.533. The molecule has 1 aromatic rings. The van der Waals surface area contributed by atoms with Crippen LogP contribution in [0.5, 0.6) is 0 Å². The number of hydrogen-bond acceptors (Lipinski definition) is 4. The van der Waals surface area contributed by atoms with Gasteiger partial charge < -0.3 is 20.6 Å². The van der Waals surface area contributed by atoms with Crippen LogP contribution in [0.4, 0.5) is 11.4 Å². The molecule has 116 valence electrons. The second kappa shape index (κ2) is 6.54. The molecule has 0 amide bonds. The Labute approximate surface area is 130 Å². The zero-order chi connectivity index (χ0) is 15.6. The first-order chi connectivity index (χ1) is 9.93. The molecule has 1 heterocycles. The summed E-state index contributed by atoms with van der Waals surface area (Å²) in [5.41, 5.74) is 6.81. The minimum Gasteiger partial charge on any atom is -0.478 e. The molecule has 0 radical (unpaired) electrons. The molecule has 1 saturated heterocycles. The van der Waals surface area contributed by atoms with Gasteiger partial charge >= 0.3 is 5.97 Å². The highest BCUT2D eigenvalue weighted by molar-refractivity contribution is 6.34. The van der Waals surface area contributed by atoms with Gasteiger partial charge in [0.2, 0.25) is 0 Å². The molecule has 0 bridgehead atoms. The van der Waals surface area contributed by atoms with Gasteiger partial charge in [0.15, 0.2) is 0 Å². The lowest BCUT2D eigenvalue weighted by molar-refractivity contribution is 0.0697. The predicted molar refractivity (Wildman–Crippen MR) is 86.4 cm³/mol. The molecule has 6 heteroatoms. The number of nitrogens with two attached hydrogens (primary N) is 1. The Bertz CT molecular complexity index is 528. The normalized spacial score (nSPS) is 16.9. The molecule has 1 aromatic carbocycles. The van der Waals surface area contributed by atoms with Gasteiger partial charge in [-0.2, -0.15) is 0 Å². The minimum atomic E-state index is -1.00. The summed E-state index contributed by atoms with van der Waals surface area (Å²) in [4.78, 5) is 15.9. The van der Waals surface area contributed by atoms with E-state index in [-0.39, 0.29) is 5.56 Å². The Kier molecular flexibility index (Phi) is 4.96. The molecule has 0 saturated carbocycles. The largest absolute Gasteiger partial charge is 0.478 e. The third-order valence-corrected chi connectivity index (χ3v) is 4.51. The van der Waals surface area contributed by atoms with Gasteiger partial charge in [-0.3, -0.25) is 0 Å². The lowest BCUT2D eigenvalue weighted by Gasteiger charge is -2.38. The van der Waals surface area contributed by atoms with Crippen LogP contribution >= 0.6 is 11.6 Å². The molecule has 3 N–H and O–H groups in total. The Balaban J connectivity index is 2.27. The highest BCUT2D eigenvalue weighted by Crippen LogP contribution is 2.34. The molecule has 0 atom stereocenters. The molecule has 0 aromatic heterocycles. The highest BCUT2D eigenvalue weighted by Gasteiger charge is 2.26. The van der Waals surface area contributed by atoms with E-state index < -0.39 is 5.97 Å². The van der Waals surface area contributed by atoms with Crippen LogP contribution in [0.15, 0.2) is 12.1 Å². The average molecular weight is 312 g/mol. The molecule has 0 aliphatic carbocycles. The van der Waals surface area contributed by atoms with E-state index in [1.165, 1.54) is 6.07 Å². The number of rotatable bonds is 4. The zero-order valence-corrected chi connectivity index (χ0v) is 13.2. The Morgan fingerprint density at radius 3 is 2.62 bits per heavy atom. The van der Waals surface area contributed by atoms with Gasteiger partial charge in [-0.25, -0.2) is 4.79 Å². The molecule has 1 aliphatic heterocycles. The molecule has 0 unspecified atom stereocenters. The molecule has 1 aliphatic rings. The summed E-state index contributed by atoms with van der Waals surface area (Å²) in [6.07, 6.45) is 2.01. The summed E-state index contributed by atoms with van der Waals surface area (Å²) in [6.45, 7) is 5.27. The molecule has 2 rings (SSSR count). The van der Waals surface area contributed by atoms with E-state index in [9.17, 15) is 9.90 Å². The number of anilines is 2. The van der Waals surface area contributed by atoms with Crippen molar-refractivity contribution in [2.45, 2.75) is 25.8 Å². The van der Waals surface area contributed by atoms with E-state index >= 15 is 0 Å². The third-order valence-electron chi connectivity index (χ3n) is 4.22. The average Bonchev–Trinajstić information content (AvgIpc) is 2.46. The zero-order valence-electron chi connectivity index (χ0n) is 12.5. The number of piperidine rings is 1. The smallest absolute Gasteiger partial charge is 0.337 e. The Hall–Kier alpha value is -1.46. The number of nitrogens with zero attached hydrogens (tertiary/aromatic N) is 2. The van der Waals surface area contributed by atoms with Gasteiger partial charge in [0.1, 0.15) is 0 Å². The summed E-state index contributed by atoms with van der Waals surface area (Å²) in [5, 5.41) is 9.79. The molecular weight excluding hydrogens is 290 g/mol. The quantitative estimate of drug-likeness (QED) is 0.836. The van der Waals surface area contributed by atoms with Crippen LogP contribution in [0.3, 0.4) is 0 Å². The number of carbonyl (C=O) groups is 1.